The van der Waals surface area contributed by atoms with Gasteiger partial charge in [-0.15, -0.1) is 0 Å². The van der Waals surface area contributed by atoms with Crippen molar-refractivity contribution in [3.63, 3.8) is 0 Å². The SMILES string of the molecule is N#Cc1ccc(N2N=C3c4ccc(O)cc4CC[C@@H]3[C@@H]2c2ccc(F)cc2)cc1Cl. The molecule has 0 spiro atoms. The number of anilines is 1. The van der Waals surface area contributed by atoms with E-state index in [-0.39, 0.29) is 23.5 Å². The monoisotopic (exact) mass is 417 g/mol. The fourth-order valence-corrected chi connectivity index (χ4v) is 4.67. The minimum absolute atomic E-state index is 0.113. The maximum Gasteiger partial charge on any atom is 0.123 e. The molecule has 5 rings (SSSR count). The quantitative estimate of drug-likeness (QED) is 0.591. The van der Waals surface area contributed by atoms with Crippen molar-refractivity contribution < 1.29 is 9.50 Å². The molecule has 3 aromatic rings. The van der Waals surface area contributed by atoms with Crippen LogP contribution in [-0.4, -0.2) is 10.8 Å². The summed E-state index contributed by atoms with van der Waals surface area (Å²) in [5.74, 6) is 0.0776. The van der Waals surface area contributed by atoms with Gasteiger partial charge < -0.3 is 5.11 Å². The second kappa shape index (κ2) is 7.16. The molecule has 30 heavy (non-hydrogen) atoms. The number of phenols is 1. The highest BCUT2D eigenvalue weighted by atomic mass is 35.5. The van der Waals surface area contributed by atoms with Crippen LogP contribution in [-0.2, 0) is 6.42 Å². The van der Waals surface area contributed by atoms with E-state index in [1.54, 1.807) is 36.4 Å². The normalized spacial score (nSPS) is 19.6. The van der Waals surface area contributed by atoms with Gasteiger partial charge in [0.1, 0.15) is 17.6 Å². The van der Waals surface area contributed by atoms with Crippen molar-refractivity contribution in [1.29, 1.82) is 5.26 Å². The highest BCUT2D eigenvalue weighted by Gasteiger charge is 2.42. The van der Waals surface area contributed by atoms with Gasteiger partial charge in [-0.3, -0.25) is 5.01 Å². The van der Waals surface area contributed by atoms with Crippen LogP contribution >= 0.6 is 11.6 Å². The van der Waals surface area contributed by atoms with Crippen molar-refractivity contribution in [3.05, 3.63) is 93.8 Å². The Hall–Kier alpha value is -3.36. The van der Waals surface area contributed by atoms with Gasteiger partial charge in [0.25, 0.3) is 0 Å². The average Bonchev–Trinajstić information content (AvgIpc) is 3.14. The summed E-state index contributed by atoms with van der Waals surface area (Å²) in [6.07, 6.45) is 1.69. The topological polar surface area (TPSA) is 59.6 Å². The van der Waals surface area contributed by atoms with Crippen LogP contribution in [0.1, 0.15) is 34.7 Å². The number of fused-ring (bicyclic) bond motifs is 3. The first kappa shape index (κ1) is 18.7. The molecular weight excluding hydrogens is 401 g/mol. The van der Waals surface area contributed by atoms with E-state index < -0.39 is 0 Å². The van der Waals surface area contributed by atoms with Crippen molar-refractivity contribution in [2.75, 3.05) is 5.01 Å². The number of benzene rings is 3. The molecule has 0 saturated heterocycles. The molecule has 1 aliphatic carbocycles. The van der Waals surface area contributed by atoms with E-state index in [1.807, 2.05) is 17.1 Å². The summed E-state index contributed by atoms with van der Waals surface area (Å²) in [7, 11) is 0. The van der Waals surface area contributed by atoms with Gasteiger partial charge in [0, 0.05) is 11.5 Å². The Labute approximate surface area is 178 Å². The van der Waals surface area contributed by atoms with Crippen molar-refractivity contribution in [2.24, 2.45) is 11.0 Å². The van der Waals surface area contributed by atoms with Crippen LogP contribution in [0, 0.1) is 23.1 Å². The molecule has 0 aromatic heterocycles. The van der Waals surface area contributed by atoms with E-state index in [4.69, 9.17) is 16.7 Å². The molecule has 1 N–H and O–H groups in total. The largest absolute Gasteiger partial charge is 0.508 e. The molecule has 6 heteroatoms. The second-order valence-corrected chi connectivity index (χ2v) is 8.00. The molecule has 0 amide bonds. The van der Waals surface area contributed by atoms with Gasteiger partial charge in [-0.2, -0.15) is 10.4 Å². The summed E-state index contributed by atoms with van der Waals surface area (Å²) < 4.78 is 13.6. The van der Waals surface area contributed by atoms with Crippen LogP contribution in [0.3, 0.4) is 0 Å². The smallest absolute Gasteiger partial charge is 0.123 e. The van der Waals surface area contributed by atoms with Crippen LogP contribution < -0.4 is 5.01 Å². The van der Waals surface area contributed by atoms with Gasteiger partial charge in [-0.25, -0.2) is 4.39 Å². The van der Waals surface area contributed by atoms with Crippen LogP contribution in [0.15, 0.2) is 65.8 Å². The summed E-state index contributed by atoms with van der Waals surface area (Å²) in [5.41, 5.74) is 5.19. The molecule has 4 nitrogen and oxygen atoms in total. The lowest BCUT2D eigenvalue weighted by molar-refractivity contribution is 0.472. The van der Waals surface area contributed by atoms with Gasteiger partial charge in [-0.05, 0) is 72.5 Å². The van der Waals surface area contributed by atoms with E-state index in [1.165, 1.54) is 12.1 Å². The van der Waals surface area contributed by atoms with E-state index >= 15 is 0 Å². The number of rotatable bonds is 2. The molecule has 1 aliphatic heterocycles. The number of nitriles is 1. The third-order valence-corrected chi connectivity index (χ3v) is 6.16. The number of hydrogen-bond donors (Lipinski definition) is 1. The number of hydrogen-bond acceptors (Lipinski definition) is 4. The molecule has 0 bridgehead atoms. The van der Waals surface area contributed by atoms with E-state index in [2.05, 4.69) is 6.07 Å². The molecule has 0 radical (unpaired) electrons. The van der Waals surface area contributed by atoms with Crippen molar-refractivity contribution in [3.8, 4) is 11.8 Å². The number of nitrogens with zero attached hydrogens (tertiary/aromatic N) is 3. The van der Waals surface area contributed by atoms with Gasteiger partial charge in [0.15, 0.2) is 0 Å². The Morgan fingerprint density at radius 3 is 2.63 bits per heavy atom. The number of aromatic hydroxyl groups is 1. The maximum atomic E-state index is 13.6. The number of halogens is 2. The molecule has 0 unspecified atom stereocenters. The van der Waals surface area contributed by atoms with Crippen molar-refractivity contribution >= 4 is 23.0 Å². The Kier molecular flexibility index (Phi) is 4.45. The zero-order valence-electron chi connectivity index (χ0n) is 15.9. The summed E-state index contributed by atoms with van der Waals surface area (Å²) in [5, 5.41) is 26.3. The van der Waals surface area contributed by atoms with Gasteiger partial charge in [0.05, 0.1) is 28.0 Å². The number of aryl methyl sites for hydroxylation is 1. The van der Waals surface area contributed by atoms with Crippen LogP contribution in [0.4, 0.5) is 10.1 Å². The third-order valence-electron chi connectivity index (χ3n) is 5.85. The average molecular weight is 418 g/mol. The molecular formula is C24H17ClFN3O. The molecule has 0 fully saturated rings. The van der Waals surface area contributed by atoms with E-state index in [9.17, 15) is 14.8 Å². The number of phenolic OH excluding ortho intramolecular Hbond substituents is 1. The first-order chi connectivity index (χ1) is 14.5. The maximum absolute atomic E-state index is 13.6. The van der Waals surface area contributed by atoms with E-state index in [0.29, 0.717) is 10.6 Å². The lowest BCUT2D eigenvalue weighted by atomic mass is 9.77. The zero-order valence-corrected chi connectivity index (χ0v) is 16.6. The fourth-order valence-electron chi connectivity index (χ4n) is 4.46. The molecule has 2 aliphatic rings. The van der Waals surface area contributed by atoms with Gasteiger partial charge >= 0.3 is 0 Å². The molecule has 3 aromatic carbocycles. The third kappa shape index (κ3) is 3.01. The first-order valence-corrected chi connectivity index (χ1v) is 10.1. The predicted octanol–water partition coefficient (Wildman–Crippen LogP) is 5.58. The first-order valence-electron chi connectivity index (χ1n) is 9.70. The minimum atomic E-state index is -0.282. The standard InChI is InChI=1S/C24H17ClFN3O/c25-22-12-18(7-3-16(22)13-27)29-24(14-1-5-17(26)6-2-14)21-9-4-15-11-19(30)8-10-20(15)23(21)28-29/h1-3,5-8,10-12,21,24,30H,4,9H2/t21-,24-/m0/s1. The molecule has 1 heterocycles. The highest BCUT2D eigenvalue weighted by molar-refractivity contribution is 6.32. The summed E-state index contributed by atoms with van der Waals surface area (Å²) in [6, 6.07) is 19.1. The van der Waals surface area contributed by atoms with Crippen LogP contribution in [0.2, 0.25) is 5.02 Å². The molecule has 2 atom stereocenters. The fraction of sp³-hybridized carbons (Fsp3) is 0.167. The zero-order chi connectivity index (χ0) is 20.8. The van der Waals surface area contributed by atoms with Gasteiger partial charge in [0.2, 0.25) is 0 Å². The predicted molar refractivity (Wildman–Crippen MR) is 114 cm³/mol. The Balaban J connectivity index is 1.65. The minimum Gasteiger partial charge on any atom is -0.508 e. The van der Waals surface area contributed by atoms with E-state index in [0.717, 1.165) is 40.9 Å². The van der Waals surface area contributed by atoms with Crippen molar-refractivity contribution in [1.82, 2.24) is 0 Å². The number of hydrazone groups is 1. The van der Waals surface area contributed by atoms with Crippen molar-refractivity contribution in [2.45, 2.75) is 18.9 Å². The lowest BCUT2D eigenvalue weighted by Crippen LogP contribution is -2.28. The second-order valence-electron chi connectivity index (χ2n) is 7.59. The Morgan fingerprint density at radius 2 is 1.90 bits per heavy atom. The molecule has 0 saturated carbocycles. The lowest BCUT2D eigenvalue weighted by Gasteiger charge is -2.30. The Morgan fingerprint density at radius 1 is 1.10 bits per heavy atom. The van der Waals surface area contributed by atoms with Crippen LogP contribution in [0.5, 0.6) is 5.75 Å². The van der Waals surface area contributed by atoms with Crippen LogP contribution in [0.25, 0.3) is 0 Å². The Bertz CT molecular complexity index is 1220. The summed E-state index contributed by atoms with van der Waals surface area (Å²) in [6.45, 7) is 0. The molecule has 148 valence electrons. The van der Waals surface area contributed by atoms with Gasteiger partial charge in [-0.1, -0.05) is 23.7 Å². The highest BCUT2D eigenvalue weighted by Crippen LogP contribution is 2.46. The summed E-state index contributed by atoms with van der Waals surface area (Å²) in [4.78, 5) is 0. The summed E-state index contributed by atoms with van der Waals surface area (Å²) >= 11 is 6.30.